The van der Waals surface area contributed by atoms with E-state index in [-0.39, 0.29) is 5.75 Å². The molecule has 0 unspecified atom stereocenters. The molecule has 1 aromatic carbocycles. The summed E-state index contributed by atoms with van der Waals surface area (Å²) in [4.78, 5) is 11.5. The molecule has 11 heteroatoms. The highest BCUT2D eigenvalue weighted by Crippen LogP contribution is 2.30. The molecule has 0 atom stereocenters. The third kappa shape index (κ3) is 6.09. The molecule has 3 aromatic rings. The number of aromatic amines is 1. The fourth-order valence-corrected chi connectivity index (χ4v) is 4.19. The number of nitrogens with one attached hydrogen (secondary N) is 4. The van der Waals surface area contributed by atoms with Crippen LogP contribution in [0.3, 0.4) is 0 Å². The smallest absolute Gasteiger partial charge is 0.262 e. The number of methoxy groups -OCH3 is 2. The van der Waals surface area contributed by atoms with Gasteiger partial charge in [-0.3, -0.25) is 0 Å². The van der Waals surface area contributed by atoms with Crippen LogP contribution < -0.4 is 24.8 Å². The normalized spacial score (nSPS) is 11.6. The first-order chi connectivity index (χ1) is 15.5. The van der Waals surface area contributed by atoms with Crippen LogP contribution in [0.25, 0.3) is 10.9 Å². The highest BCUT2D eigenvalue weighted by Gasteiger charge is 2.12. The minimum atomic E-state index is -3.29. The van der Waals surface area contributed by atoms with Crippen molar-refractivity contribution in [3.05, 3.63) is 41.9 Å². The van der Waals surface area contributed by atoms with Crippen molar-refractivity contribution < 1.29 is 17.9 Å². The zero-order chi connectivity index (χ0) is 23.0. The molecular formula is C21H30N6O4S. The molecule has 0 fully saturated rings. The zero-order valence-electron chi connectivity index (χ0n) is 18.6. The van der Waals surface area contributed by atoms with Gasteiger partial charge in [-0.2, -0.15) is 4.98 Å². The van der Waals surface area contributed by atoms with Gasteiger partial charge in [0.25, 0.3) is 5.88 Å². The second kappa shape index (κ2) is 11.1. The van der Waals surface area contributed by atoms with E-state index in [2.05, 4.69) is 30.3 Å². The molecule has 0 bridgehead atoms. The summed E-state index contributed by atoms with van der Waals surface area (Å²) in [7, 11) is 1.23. The Balaban J connectivity index is 1.45. The summed E-state index contributed by atoms with van der Waals surface area (Å²) in [5.41, 5.74) is 2.96. The number of H-pyrrole nitrogens is 1. The molecule has 0 spiro atoms. The number of ether oxygens (including phenoxy) is 2. The maximum Gasteiger partial charge on any atom is 0.262 e. The van der Waals surface area contributed by atoms with Gasteiger partial charge < -0.3 is 25.1 Å². The maximum absolute atomic E-state index is 11.8. The van der Waals surface area contributed by atoms with Crippen molar-refractivity contribution in [2.24, 2.45) is 0 Å². The van der Waals surface area contributed by atoms with Crippen molar-refractivity contribution in [2.75, 3.05) is 46.2 Å². The molecule has 0 aliphatic rings. The molecule has 10 nitrogen and oxygen atoms in total. The predicted molar refractivity (Wildman–Crippen MR) is 125 cm³/mol. The zero-order valence-corrected chi connectivity index (χ0v) is 19.4. The van der Waals surface area contributed by atoms with Gasteiger partial charge in [0.1, 0.15) is 6.33 Å². The summed E-state index contributed by atoms with van der Waals surface area (Å²) in [5.74, 6) is 1.44. The number of aryl methyl sites for hydroxylation is 1. The van der Waals surface area contributed by atoms with Crippen molar-refractivity contribution in [1.29, 1.82) is 0 Å². The number of benzene rings is 1. The van der Waals surface area contributed by atoms with E-state index in [0.29, 0.717) is 24.0 Å². The molecule has 2 heterocycles. The lowest BCUT2D eigenvalue weighted by atomic mass is 10.1. The summed E-state index contributed by atoms with van der Waals surface area (Å²) >= 11 is 0. The highest BCUT2D eigenvalue weighted by molar-refractivity contribution is 7.88. The van der Waals surface area contributed by atoms with E-state index in [4.69, 9.17) is 9.47 Å². The van der Waals surface area contributed by atoms with Gasteiger partial charge in [-0.15, -0.1) is 0 Å². The Morgan fingerprint density at radius 3 is 2.69 bits per heavy atom. The molecule has 32 heavy (non-hydrogen) atoms. The fraction of sp³-hybridized carbons (Fsp3) is 0.429. The largest absolute Gasteiger partial charge is 0.489 e. The van der Waals surface area contributed by atoms with Crippen LogP contribution in [-0.2, 0) is 22.2 Å². The SMILES string of the molecule is CNS(=O)(=O)Cc1ccc2[nH]cc(CCCNCCNc3ncnc(OC)c3OC)c2c1. The first-order valence-electron chi connectivity index (χ1n) is 10.3. The Labute approximate surface area is 188 Å². The Morgan fingerprint density at radius 2 is 1.94 bits per heavy atom. The highest BCUT2D eigenvalue weighted by atomic mass is 32.2. The maximum atomic E-state index is 11.8. The van der Waals surface area contributed by atoms with Crippen LogP contribution in [0, 0.1) is 0 Å². The Bertz CT molecular complexity index is 1130. The average molecular weight is 463 g/mol. The van der Waals surface area contributed by atoms with Crippen LogP contribution in [0.2, 0.25) is 0 Å². The predicted octanol–water partition coefficient (Wildman–Crippen LogP) is 1.66. The lowest BCUT2D eigenvalue weighted by Gasteiger charge is -2.12. The lowest BCUT2D eigenvalue weighted by Crippen LogP contribution is -2.24. The minimum Gasteiger partial charge on any atom is -0.489 e. The summed E-state index contributed by atoms with van der Waals surface area (Å²) in [5, 5.41) is 7.70. The van der Waals surface area contributed by atoms with E-state index in [1.54, 1.807) is 7.11 Å². The number of sulfonamides is 1. The molecule has 0 amide bonds. The van der Waals surface area contributed by atoms with Crippen LogP contribution in [0.15, 0.2) is 30.7 Å². The van der Waals surface area contributed by atoms with E-state index in [9.17, 15) is 8.42 Å². The van der Waals surface area contributed by atoms with Crippen molar-refractivity contribution in [1.82, 2.24) is 25.0 Å². The number of nitrogens with zero attached hydrogens (tertiary/aromatic N) is 2. The van der Waals surface area contributed by atoms with Crippen LogP contribution in [-0.4, -0.2) is 64.3 Å². The Kier molecular flexibility index (Phi) is 8.26. The van der Waals surface area contributed by atoms with Crippen LogP contribution >= 0.6 is 0 Å². The average Bonchev–Trinajstić information content (AvgIpc) is 3.20. The second-order valence-electron chi connectivity index (χ2n) is 7.20. The van der Waals surface area contributed by atoms with Gasteiger partial charge in [-0.1, -0.05) is 6.07 Å². The molecule has 0 saturated carbocycles. The molecule has 0 aliphatic carbocycles. The van der Waals surface area contributed by atoms with Gasteiger partial charge in [0.2, 0.25) is 15.8 Å². The molecule has 0 radical (unpaired) electrons. The number of anilines is 1. The van der Waals surface area contributed by atoms with Gasteiger partial charge in [-0.05, 0) is 49.7 Å². The third-order valence-corrected chi connectivity index (χ3v) is 6.40. The van der Waals surface area contributed by atoms with E-state index in [1.807, 2.05) is 24.4 Å². The van der Waals surface area contributed by atoms with Gasteiger partial charge in [0, 0.05) is 30.2 Å². The fourth-order valence-electron chi connectivity index (χ4n) is 3.42. The van der Waals surface area contributed by atoms with E-state index >= 15 is 0 Å². The standard InChI is InChI=1S/C21H30N6O4S/c1-22-32(28,29)13-15-6-7-18-17(11-15)16(12-25-18)5-4-8-23-9-10-24-20-19(30-2)21(31-3)27-14-26-20/h6-7,11-12,14,22-23,25H,4-5,8-10,13H2,1-3H3,(H,24,26,27). The molecule has 0 saturated heterocycles. The van der Waals surface area contributed by atoms with Gasteiger partial charge >= 0.3 is 0 Å². The van der Waals surface area contributed by atoms with Crippen molar-refractivity contribution in [2.45, 2.75) is 18.6 Å². The topological polar surface area (TPSA) is 130 Å². The molecule has 0 aliphatic heterocycles. The lowest BCUT2D eigenvalue weighted by molar-refractivity contribution is 0.342. The number of fused-ring (bicyclic) bond motifs is 1. The van der Waals surface area contributed by atoms with Crippen molar-refractivity contribution in [3.63, 3.8) is 0 Å². The van der Waals surface area contributed by atoms with Crippen LogP contribution in [0.1, 0.15) is 17.5 Å². The van der Waals surface area contributed by atoms with E-state index in [0.717, 1.165) is 42.4 Å². The number of hydrogen-bond acceptors (Lipinski definition) is 8. The molecule has 2 aromatic heterocycles. The molecular weight excluding hydrogens is 432 g/mol. The number of hydrogen-bond donors (Lipinski definition) is 4. The number of rotatable bonds is 13. The van der Waals surface area contributed by atoms with Crippen LogP contribution in [0.4, 0.5) is 5.82 Å². The van der Waals surface area contributed by atoms with Gasteiger partial charge in [0.05, 0.1) is 20.0 Å². The van der Waals surface area contributed by atoms with E-state index < -0.39 is 10.0 Å². The quantitative estimate of drug-likeness (QED) is 0.282. The van der Waals surface area contributed by atoms with Crippen LogP contribution in [0.5, 0.6) is 11.6 Å². The van der Waals surface area contributed by atoms with Gasteiger partial charge in [-0.25, -0.2) is 18.1 Å². The monoisotopic (exact) mass is 462 g/mol. The van der Waals surface area contributed by atoms with Gasteiger partial charge in [0.15, 0.2) is 5.82 Å². The second-order valence-corrected chi connectivity index (χ2v) is 9.13. The summed E-state index contributed by atoms with van der Waals surface area (Å²) in [6, 6.07) is 5.73. The molecule has 4 N–H and O–H groups in total. The summed E-state index contributed by atoms with van der Waals surface area (Å²) in [6.45, 7) is 2.29. The Morgan fingerprint density at radius 1 is 1.09 bits per heavy atom. The summed E-state index contributed by atoms with van der Waals surface area (Å²) < 4.78 is 36.5. The number of aromatic nitrogens is 3. The molecule has 3 rings (SSSR count). The third-order valence-electron chi connectivity index (χ3n) is 5.06. The molecule has 174 valence electrons. The minimum absolute atomic E-state index is 0.0262. The first-order valence-corrected chi connectivity index (χ1v) is 12.0. The van der Waals surface area contributed by atoms with Crippen molar-refractivity contribution in [3.8, 4) is 11.6 Å². The first kappa shape index (κ1) is 23.8. The summed E-state index contributed by atoms with van der Waals surface area (Å²) in [6.07, 6.45) is 5.27. The Hall–Kier alpha value is -2.89. The van der Waals surface area contributed by atoms with E-state index in [1.165, 1.54) is 26.0 Å². The van der Waals surface area contributed by atoms with Crippen molar-refractivity contribution >= 4 is 26.7 Å².